The Balaban J connectivity index is 1.91. The van der Waals surface area contributed by atoms with Crippen LogP contribution >= 0.6 is 0 Å². The Hall–Kier alpha value is -3.61. The maximum Gasteiger partial charge on any atom is 0.387 e. The van der Waals surface area contributed by atoms with Crippen LogP contribution in [0.25, 0.3) is 0 Å². The molecule has 0 bridgehead atoms. The van der Waals surface area contributed by atoms with Crippen LogP contribution in [-0.4, -0.2) is 26.7 Å². The summed E-state index contributed by atoms with van der Waals surface area (Å²) >= 11 is 0. The Labute approximate surface area is 173 Å². The molecule has 1 unspecified atom stereocenters. The third-order valence-electron chi connectivity index (χ3n) is 4.50. The van der Waals surface area contributed by atoms with Crippen LogP contribution in [0, 0.1) is 0 Å². The number of rotatable bonds is 8. The minimum Gasteiger partial charge on any atom is -0.497 e. The van der Waals surface area contributed by atoms with Crippen LogP contribution in [0.15, 0.2) is 72.8 Å². The number of carbonyl (C=O) groups excluding carboxylic acids is 1. The molecule has 3 aromatic rings. The summed E-state index contributed by atoms with van der Waals surface area (Å²) in [6.45, 7) is -3.03. The highest BCUT2D eigenvalue weighted by Crippen LogP contribution is 2.30. The molecule has 0 saturated heterocycles. The fraction of sp³-hybridized carbons (Fsp3) is 0.174. The first-order chi connectivity index (χ1) is 14.5. The minimum absolute atomic E-state index is 0.113. The lowest BCUT2D eigenvalue weighted by atomic mass is 9.98. The molecule has 156 valence electrons. The summed E-state index contributed by atoms with van der Waals surface area (Å²) < 4.78 is 40.1. The first kappa shape index (κ1) is 21.1. The molecule has 3 aromatic carbocycles. The number of hydrogen-bond donors (Lipinski definition) is 1. The van der Waals surface area contributed by atoms with Gasteiger partial charge in [-0.2, -0.15) is 8.78 Å². The van der Waals surface area contributed by atoms with Crippen LogP contribution in [0.2, 0.25) is 0 Å². The monoisotopic (exact) mass is 413 g/mol. The van der Waals surface area contributed by atoms with Crippen molar-refractivity contribution in [1.29, 1.82) is 0 Å². The maximum atomic E-state index is 12.9. The molecule has 5 nitrogen and oxygen atoms in total. The summed E-state index contributed by atoms with van der Waals surface area (Å²) in [5, 5.41) is 2.96. The lowest BCUT2D eigenvalue weighted by Crippen LogP contribution is -2.29. The highest BCUT2D eigenvalue weighted by Gasteiger charge is 2.20. The third kappa shape index (κ3) is 5.05. The second kappa shape index (κ2) is 9.73. The number of nitrogens with one attached hydrogen (secondary N) is 1. The molecule has 1 atom stereocenters. The molecule has 7 heteroatoms. The predicted molar refractivity (Wildman–Crippen MR) is 108 cm³/mol. The van der Waals surface area contributed by atoms with Crippen molar-refractivity contribution in [3.8, 4) is 17.2 Å². The van der Waals surface area contributed by atoms with Gasteiger partial charge in [0.1, 0.15) is 5.75 Å². The number of halogens is 2. The van der Waals surface area contributed by atoms with Crippen molar-refractivity contribution in [3.05, 3.63) is 89.5 Å². The van der Waals surface area contributed by atoms with E-state index in [1.165, 1.54) is 25.3 Å². The molecular formula is C23H21F2NO4. The molecule has 0 aliphatic carbocycles. The molecule has 0 aromatic heterocycles. The zero-order valence-electron chi connectivity index (χ0n) is 16.5. The topological polar surface area (TPSA) is 56.8 Å². The van der Waals surface area contributed by atoms with E-state index in [2.05, 4.69) is 10.1 Å². The van der Waals surface area contributed by atoms with Gasteiger partial charge in [-0.1, -0.05) is 42.5 Å². The first-order valence-electron chi connectivity index (χ1n) is 9.14. The molecule has 0 heterocycles. The van der Waals surface area contributed by atoms with Gasteiger partial charge in [0.15, 0.2) is 11.5 Å². The van der Waals surface area contributed by atoms with Crippen molar-refractivity contribution < 1.29 is 27.8 Å². The van der Waals surface area contributed by atoms with Crippen LogP contribution in [0.1, 0.15) is 27.5 Å². The van der Waals surface area contributed by atoms with Gasteiger partial charge in [-0.15, -0.1) is 0 Å². The normalized spacial score (nSPS) is 11.6. The van der Waals surface area contributed by atoms with Crippen molar-refractivity contribution >= 4 is 5.91 Å². The van der Waals surface area contributed by atoms with Gasteiger partial charge in [0, 0.05) is 5.56 Å². The smallest absolute Gasteiger partial charge is 0.387 e. The Kier molecular flexibility index (Phi) is 6.85. The van der Waals surface area contributed by atoms with Gasteiger partial charge in [0.25, 0.3) is 5.91 Å². The van der Waals surface area contributed by atoms with Crippen molar-refractivity contribution in [1.82, 2.24) is 5.32 Å². The van der Waals surface area contributed by atoms with Crippen LogP contribution in [0.3, 0.4) is 0 Å². The van der Waals surface area contributed by atoms with E-state index in [0.29, 0.717) is 5.75 Å². The van der Waals surface area contributed by atoms with Crippen molar-refractivity contribution in [3.63, 3.8) is 0 Å². The molecule has 1 N–H and O–H groups in total. The average molecular weight is 413 g/mol. The van der Waals surface area contributed by atoms with Crippen LogP contribution in [0.5, 0.6) is 17.2 Å². The van der Waals surface area contributed by atoms with Crippen molar-refractivity contribution in [2.24, 2.45) is 0 Å². The fourth-order valence-corrected chi connectivity index (χ4v) is 3.02. The zero-order chi connectivity index (χ0) is 21.5. The number of ether oxygens (including phenoxy) is 3. The van der Waals surface area contributed by atoms with E-state index in [0.717, 1.165) is 11.1 Å². The maximum absolute atomic E-state index is 12.9. The first-order valence-corrected chi connectivity index (χ1v) is 9.14. The van der Waals surface area contributed by atoms with Gasteiger partial charge in [0.2, 0.25) is 0 Å². The molecule has 0 fully saturated rings. The molecular weight excluding hydrogens is 392 g/mol. The van der Waals surface area contributed by atoms with Gasteiger partial charge in [-0.3, -0.25) is 4.79 Å². The molecule has 0 radical (unpaired) electrons. The molecule has 3 rings (SSSR count). The lowest BCUT2D eigenvalue weighted by Gasteiger charge is -2.21. The molecule has 0 aliphatic heterocycles. The SMILES string of the molecule is COc1ccc(C(NC(=O)c2ccc(OC)c(OC(F)F)c2)c2ccccc2)cc1. The summed E-state index contributed by atoms with van der Waals surface area (Å²) in [6, 6.07) is 20.4. The van der Waals surface area contributed by atoms with Gasteiger partial charge in [0.05, 0.1) is 20.3 Å². The summed E-state index contributed by atoms with van der Waals surface area (Å²) in [5.74, 6) is 0.157. The highest BCUT2D eigenvalue weighted by molar-refractivity contribution is 5.95. The van der Waals surface area contributed by atoms with Crippen LogP contribution < -0.4 is 19.5 Å². The average Bonchev–Trinajstić information content (AvgIpc) is 2.77. The fourth-order valence-electron chi connectivity index (χ4n) is 3.02. The van der Waals surface area contributed by atoms with E-state index in [-0.39, 0.29) is 17.1 Å². The Morgan fingerprint density at radius 2 is 1.50 bits per heavy atom. The third-order valence-corrected chi connectivity index (χ3v) is 4.50. The lowest BCUT2D eigenvalue weighted by molar-refractivity contribution is -0.0512. The quantitative estimate of drug-likeness (QED) is 0.575. The van der Waals surface area contributed by atoms with E-state index >= 15 is 0 Å². The highest BCUT2D eigenvalue weighted by atomic mass is 19.3. The van der Waals surface area contributed by atoms with E-state index in [4.69, 9.17) is 9.47 Å². The van der Waals surface area contributed by atoms with E-state index in [9.17, 15) is 13.6 Å². The number of carbonyl (C=O) groups is 1. The second-order valence-electron chi connectivity index (χ2n) is 6.33. The Morgan fingerprint density at radius 3 is 2.10 bits per heavy atom. The van der Waals surface area contributed by atoms with Crippen molar-refractivity contribution in [2.45, 2.75) is 12.7 Å². The molecule has 30 heavy (non-hydrogen) atoms. The summed E-state index contributed by atoms with van der Waals surface area (Å²) in [4.78, 5) is 12.9. The molecule has 1 amide bonds. The molecule has 0 aliphatic rings. The zero-order valence-corrected chi connectivity index (χ0v) is 16.5. The number of hydrogen-bond acceptors (Lipinski definition) is 4. The van der Waals surface area contributed by atoms with Crippen LogP contribution in [0.4, 0.5) is 8.78 Å². The summed E-state index contributed by atoms with van der Waals surface area (Å²) in [6.07, 6.45) is 0. The van der Waals surface area contributed by atoms with E-state index in [1.54, 1.807) is 19.2 Å². The predicted octanol–water partition coefficient (Wildman–Crippen LogP) is 4.82. The molecule has 0 spiro atoms. The van der Waals surface area contributed by atoms with Crippen molar-refractivity contribution in [2.75, 3.05) is 14.2 Å². The summed E-state index contributed by atoms with van der Waals surface area (Å²) in [7, 11) is 2.91. The Bertz CT molecular complexity index is 978. The summed E-state index contributed by atoms with van der Waals surface area (Å²) in [5.41, 5.74) is 1.88. The molecule has 0 saturated carbocycles. The standard InChI is InChI=1S/C23H21F2NO4/c1-28-18-11-8-16(9-12-18)21(15-6-4-3-5-7-15)26-22(27)17-10-13-19(29-2)20(14-17)30-23(24)25/h3-14,21,23H,1-2H3,(H,26,27). The number of amides is 1. The number of alkyl halides is 2. The van der Waals surface area contributed by atoms with Crippen LogP contribution in [-0.2, 0) is 0 Å². The second-order valence-corrected chi connectivity index (χ2v) is 6.33. The Morgan fingerprint density at radius 1 is 0.833 bits per heavy atom. The van der Waals surface area contributed by atoms with Gasteiger partial charge < -0.3 is 19.5 Å². The van der Waals surface area contributed by atoms with E-state index in [1.807, 2.05) is 42.5 Å². The largest absolute Gasteiger partial charge is 0.497 e. The van der Waals surface area contributed by atoms with Gasteiger partial charge in [-0.05, 0) is 41.5 Å². The van der Waals surface area contributed by atoms with Gasteiger partial charge >= 0.3 is 6.61 Å². The number of benzene rings is 3. The minimum atomic E-state index is -3.03. The van der Waals surface area contributed by atoms with E-state index < -0.39 is 18.6 Å². The number of methoxy groups -OCH3 is 2. The van der Waals surface area contributed by atoms with Gasteiger partial charge in [-0.25, -0.2) is 0 Å².